The van der Waals surface area contributed by atoms with Crippen molar-refractivity contribution in [2.75, 3.05) is 7.05 Å². The molecule has 0 radical (unpaired) electrons. The molecule has 0 aromatic heterocycles. The first kappa shape index (κ1) is 68.2. The second-order valence-electron chi connectivity index (χ2n) is 21.3. The van der Waals surface area contributed by atoms with E-state index in [-0.39, 0.29) is 96.1 Å². The van der Waals surface area contributed by atoms with Crippen LogP contribution in [0.15, 0.2) is 194 Å². The maximum absolute atomic E-state index is 10.4. The molecule has 456 valence electrons. The molecule has 8 aromatic rings. The Bertz CT molecular complexity index is 3420. The van der Waals surface area contributed by atoms with Gasteiger partial charge in [0.2, 0.25) is 0 Å². The summed E-state index contributed by atoms with van der Waals surface area (Å²) in [5.74, 6) is 0. The van der Waals surface area contributed by atoms with Crippen LogP contribution in [0, 0.1) is 0 Å². The molecule has 0 aliphatic heterocycles. The van der Waals surface area contributed by atoms with Crippen molar-refractivity contribution >= 4 is 101 Å². The molecule has 8 rings (SSSR count). The van der Waals surface area contributed by atoms with Crippen molar-refractivity contribution in [1.82, 2.24) is 41.1 Å². The maximum atomic E-state index is 10.4. The molecule has 0 atom stereocenters. The van der Waals surface area contributed by atoms with Gasteiger partial charge in [0.15, 0.2) is 0 Å². The first-order valence-electron chi connectivity index (χ1n) is 28.3. The Morgan fingerprint density at radius 1 is 0.225 bits per heavy atom. The zero-order valence-electron chi connectivity index (χ0n) is 48.5. The Kier molecular flexibility index (Phi) is 24.8. The first-order valence-corrected chi connectivity index (χ1v) is 28.3. The average molecular weight is 1210 g/mol. The van der Waals surface area contributed by atoms with E-state index in [9.17, 15) is 80.4 Å². The van der Waals surface area contributed by atoms with E-state index in [0.717, 1.165) is 5.56 Å². The minimum absolute atomic E-state index is 0.0158. The molecular formula is C57H68B8N8O16. The highest BCUT2D eigenvalue weighted by Gasteiger charge is 2.37. The number of benzene rings is 8. The molecule has 32 heteroatoms. The van der Waals surface area contributed by atoms with Crippen LogP contribution in [-0.4, -0.2) is 180 Å². The average Bonchev–Trinajstić information content (AvgIpc) is 2.07. The summed E-state index contributed by atoms with van der Waals surface area (Å²) in [6.45, 7) is 0.0883. The molecule has 0 heterocycles. The van der Waals surface area contributed by atoms with Crippen LogP contribution in [0.3, 0.4) is 0 Å². The third kappa shape index (κ3) is 19.4. The highest BCUT2D eigenvalue weighted by molar-refractivity contribution is 6.61. The number of hydrazine groups is 7. The zero-order valence-corrected chi connectivity index (χ0v) is 48.5. The van der Waals surface area contributed by atoms with Crippen LogP contribution in [0.4, 0.5) is 0 Å². The third-order valence-electron chi connectivity index (χ3n) is 14.8. The van der Waals surface area contributed by atoms with E-state index in [0.29, 0.717) is 38.9 Å². The molecule has 0 bridgehead atoms. The number of rotatable bonds is 31. The van der Waals surface area contributed by atoms with E-state index in [1.165, 1.54) is 0 Å². The van der Waals surface area contributed by atoms with E-state index >= 15 is 0 Å². The summed E-state index contributed by atoms with van der Waals surface area (Å²) in [6, 6.07) is 52.8. The van der Waals surface area contributed by atoms with E-state index < -0.39 is 56.9 Å². The van der Waals surface area contributed by atoms with Crippen LogP contribution in [0.2, 0.25) is 0 Å². The van der Waals surface area contributed by atoms with Gasteiger partial charge in [-0.15, -0.1) is 20.5 Å². The summed E-state index contributed by atoms with van der Waals surface area (Å²) < 4.78 is 0. The van der Waals surface area contributed by atoms with Gasteiger partial charge >= 0.3 is 56.9 Å². The number of hydrogen-bond acceptors (Lipinski definition) is 24. The van der Waals surface area contributed by atoms with Gasteiger partial charge in [-0.1, -0.05) is 194 Å². The second kappa shape index (κ2) is 32.4. The summed E-state index contributed by atoms with van der Waals surface area (Å²) in [5.41, 5.74) is 10.5. The summed E-state index contributed by atoms with van der Waals surface area (Å²) in [5, 5.41) is 177. The monoisotopic (exact) mass is 1210 g/mol. The lowest BCUT2D eigenvalue weighted by Gasteiger charge is -2.53. The van der Waals surface area contributed by atoms with Gasteiger partial charge < -0.3 is 80.4 Å². The Morgan fingerprint density at radius 2 is 0.404 bits per heavy atom. The molecule has 17 N–H and O–H groups in total. The van der Waals surface area contributed by atoms with E-state index in [2.05, 4.69) is 5.43 Å². The fourth-order valence-corrected chi connectivity index (χ4v) is 9.63. The third-order valence-corrected chi connectivity index (χ3v) is 14.8. The quantitative estimate of drug-likeness (QED) is 0.0142. The molecule has 8 aromatic carbocycles. The smallest absolute Gasteiger partial charge is 0.423 e. The van der Waals surface area contributed by atoms with Gasteiger partial charge in [0.25, 0.3) is 0 Å². The van der Waals surface area contributed by atoms with Crippen molar-refractivity contribution in [1.29, 1.82) is 0 Å². The van der Waals surface area contributed by atoms with Gasteiger partial charge in [-0.05, 0) is 88.2 Å². The Hall–Kier alpha value is -6.68. The zero-order chi connectivity index (χ0) is 63.9. The van der Waals surface area contributed by atoms with Crippen LogP contribution in [0.5, 0.6) is 0 Å². The van der Waals surface area contributed by atoms with E-state index in [4.69, 9.17) is 0 Å². The van der Waals surface area contributed by atoms with Gasteiger partial charge in [-0.25, -0.2) is 10.4 Å². The van der Waals surface area contributed by atoms with Gasteiger partial charge in [0, 0.05) is 20.1 Å². The maximum Gasteiger partial charge on any atom is 0.488 e. The predicted molar refractivity (Wildman–Crippen MR) is 342 cm³/mol. The molecule has 0 aliphatic rings. The van der Waals surface area contributed by atoms with Crippen LogP contribution in [0.1, 0.15) is 44.5 Å². The highest BCUT2D eigenvalue weighted by atomic mass is 16.4. The van der Waals surface area contributed by atoms with Gasteiger partial charge in [-0.3, -0.25) is 0 Å². The topological polar surface area (TPSA) is 358 Å². The Balaban J connectivity index is 1.43. The molecule has 24 nitrogen and oxygen atoms in total. The van der Waals surface area contributed by atoms with Crippen molar-refractivity contribution in [2.24, 2.45) is 0 Å². The van der Waals surface area contributed by atoms with Gasteiger partial charge in [0.1, 0.15) is 0 Å². The lowest BCUT2D eigenvalue weighted by Crippen LogP contribution is -2.68. The molecular weight excluding hydrogens is 1140 g/mol. The van der Waals surface area contributed by atoms with E-state index in [1.807, 2.05) is 37.6 Å². The molecule has 0 saturated carbocycles. The van der Waals surface area contributed by atoms with Gasteiger partial charge in [-0.2, -0.15) is 10.2 Å². The Morgan fingerprint density at radius 3 is 0.652 bits per heavy atom. The fourth-order valence-electron chi connectivity index (χ4n) is 9.63. The van der Waals surface area contributed by atoms with Crippen LogP contribution < -0.4 is 49.1 Å². The number of nitrogens with zero attached hydrogens (tertiary/aromatic N) is 7. The standard InChI is InChI=1S/C57H68B8N8O16/c1-67(35-43-4-20-51(21-5-43)59(76)77)69(37-45-8-24-53(25-9-45)61(80)81)71(39-47-12-28-55(29-13-47)63(84)85)73(41-49-16-32-57(33-17-49)65(88)89)72(40-48-14-30-56(31-15-48)64(86)87)70(38-46-10-26-54(27-11-46)62(82)83)68(36-44-6-22-52(23-7-44)60(78)79)66-34-42-2-18-50(19-3-42)58(74)75/h2-33,66,74-89H,34-41H2,1H3. The van der Waals surface area contributed by atoms with Crippen molar-refractivity contribution in [3.8, 4) is 0 Å². The van der Waals surface area contributed by atoms with Crippen LogP contribution >= 0.6 is 0 Å². The van der Waals surface area contributed by atoms with Crippen molar-refractivity contribution in [3.05, 3.63) is 239 Å². The van der Waals surface area contributed by atoms with Gasteiger partial charge in [0.05, 0.1) is 39.3 Å². The Labute approximate surface area is 518 Å². The summed E-state index contributed by atoms with van der Waals surface area (Å²) in [7, 11) is -12.5. The SMILES string of the molecule is CN(Cc1ccc(B(O)O)cc1)N(Cc1ccc(B(O)O)cc1)N(Cc1ccc(B(O)O)cc1)N(Cc1ccc(B(O)O)cc1)N(Cc1ccc(B(O)O)cc1)N(Cc1ccc(B(O)O)cc1)N(Cc1ccc(B(O)O)cc1)NCc1ccc(B(O)O)cc1. The lowest BCUT2D eigenvalue weighted by molar-refractivity contribution is -0.424. The lowest BCUT2D eigenvalue weighted by atomic mass is 9.80. The van der Waals surface area contributed by atoms with Crippen molar-refractivity contribution in [3.63, 3.8) is 0 Å². The summed E-state index contributed by atoms with van der Waals surface area (Å²) in [6.07, 6.45) is 0. The molecule has 0 fully saturated rings. The predicted octanol–water partition coefficient (Wildman–Crippen LogP) is -7.24. The highest BCUT2D eigenvalue weighted by Crippen LogP contribution is 2.27. The largest absolute Gasteiger partial charge is 0.488 e. The van der Waals surface area contributed by atoms with Crippen molar-refractivity contribution < 1.29 is 80.4 Å². The molecule has 0 amide bonds. The van der Waals surface area contributed by atoms with Crippen LogP contribution in [-0.2, 0) is 52.4 Å². The van der Waals surface area contributed by atoms with E-state index in [1.54, 1.807) is 199 Å². The summed E-state index contributed by atoms with van der Waals surface area (Å²) in [4.78, 5) is 0. The normalized spacial score (nSPS) is 11.6. The summed E-state index contributed by atoms with van der Waals surface area (Å²) >= 11 is 0. The number of nitrogens with one attached hydrogen (secondary N) is 1. The van der Waals surface area contributed by atoms with Crippen molar-refractivity contribution in [2.45, 2.75) is 52.4 Å². The molecule has 0 unspecified atom stereocenters. The minimum Gasteiger partial charge on any atom is -0.423 e. The fraction of sp³-hybridized carbons (Fsp3) is 0.158. The minimum atomic E-state index is -1.82. The molecule has 0 spiro atoms. The molecule has 89 heavy (non-hydrogen) atoms. The molecule has 0 aliphatic carbocycles. The first-order chi connectivity index (χ1) is 42.6. The molecule has 0 saturated heterocycles. The van der Waals surface area contributed by atoms with Crippen LogP contribution in [0.25, 0.3) is 0 Å². The number of hydrogen-bond donors (Lipinski definition) is 17. The second-order valence-corrected chi connectivity index (χ2v) is 21.3.